The molecule has 0 N–H and O–H groups in total. The van der Waals surface area contributed by atoms with Crippen molar-refractivity contribution < 1.29 is 14.1 Å². The Labute approximate surface area is 132 Å². The predicted octanol–water partition coefficient (Wildman–Crippen LogP) is 2.92. The van der Waals surface area contributed by atoms with Gasteiger partial charge in [-0.25, -0.2) is 0 Å². The molecule has 0 aliphatic carbocycles. The maximum Gasteiger partial charge on any atom is 0.260 e. The van der Waals surface area contributed by atoms with Gasteiger partial charge in [0.1, 0.15) is 17.0 Å². The molecule has 4 rings (SSSR count). The molecule has 0 radical (unpaired) electrons. The molecule has 22 heavy (non-hydrogen) atoms. The van der Waals surface area contributed by atoms with Gasteiger partial charge in [-0.2, -0.15) is 0 Å². The molecule has 1 aromatic carbocycles. The van der Waals surface area contributed by atoms with Gasteiger partial charge in [-0.15, -0.1) is 0 Å². The highest BCUT2D eigenvalue weighted by Crippen LogP contribution is 2.40. The number of aryl methyl sites for hydroxylation is 1. The smallest absolute Gasteiger partial charge is 0.260 e. The fraction of sp³-hybridized carbons (Fsp3) is 0.375. The molecule has 1 aromatic heterocycles. The van der Waals surface area contributed by atoms with Gasteiger partial charge in [0.05, 0.1) is 23.8 Å². The first-order chi connectivity index (χ1) is 10.6. The number of benzene rings is 1. The third kappa shape index (κ3) is 1.82. The SMILES string of the molecule is Cc1onc(-c2ccccc2Cl)c1C(=O)N1CCC12COC2. The first kappa shape index (κ1) is 13.8. The Morgan fingerprint density at radius 3 is 2.73 bits per heavy atom. The van der Waals surface area contributed by atoms with Crippen LogP contribution in [0.3, 0.4) is 0 Å². The van der Waals surface area contributed by atoms with Crippen molar-refractivity contribution in [3.8, 4) is 11.3 Å². The van der Waals surface area contributed by atoms with Gasteiger partial charge in [0, 0.05) is 12.1 Å². The lowest BCUT2D eigenvalue weighted by atomic mass is 9.82. The standard InChI is InChI=1S/C16H15ClN2O3/c1-10-13(15(20)19-7-6-16(19)8-21-9-16)14(18-22-10)11-4-2-3-5-12(11)17/h2-5H,6-9H2,1H3. The average Bonchev–Trinajstić information content (AvgIpc) is 2.78. The number of rotatable bonds is 2. The van der Waals surface area contributed by atoms with E-state index in [2.05, 4.69) is 5.16 Å². The zero-order chi connectivity index (χ0) is 15.3. The lowest BCUT2D eigenvalue weighted by molar-refractivity contribution is -0.172. The summed E-state index contributed by atoms with van der Waals surface area (Å²) in [5.41, 5.74) is 1.61. The maximum absolute atomic E-state index is 13.0. The normalized spacial score (nSPS) is 18.9. The van der Waals surface area contributed by atoms with Gasteiger partial charge in [-0.3, -0.25) is 4.79 Å². The number of nitrogens with zero attached hydrogens (tertiary/aromatic N) is 2. The van der Waals surface area contributed by atoms with Crippen LogP contribution in [-0.4, -0.2) is 41.3 Å². The minimum atomic E-state index is -0.113. The van der Waals surface area contributed by atoms with Crippen LogP contribution in [0, 0.1) is 6.92 Å². The molecule has 3 heterocycles. The molecular formula is C16H15ClN2O3. The highest BCUT2D eigenvalue weighted by Gasteiger charge is 2.53. The van der Waals surface area contributed by atoms with Crippen LogP contribution in [0.15, 0.2) is 28.8 Å². The van der Waals surface area contributed by atoms with Crippen LogP contribution in [0.5, 0.6) is 0 Å². The lowest BCUT2D eigenvalue weighted by Gasteiger charge is -2.57. The summed E-state index contributed by atoms with van der Waals surface area (Å²) in [6, 6.07) is 7.33. The number of halogens is 1. The number of carbonyl (C=O) groups is 1. The van der Waals surface area contributed by atoms with E-state index in [1.54, 1.807) is 13.0 Å². The van der Waals surface area contributed by atoms with Crippen LogP contribution < -0.4 is 0 Å². The van der Waals surface area contributed by atoms with Gasteiger partial charge in [0.15, 0.2) is 0 Å². The van der Waals surface area contributed by atoms with Crippen LogP contribution in [0.4, 0.5) is 0 Å². The third-order valence-corrected chi connectivity index (χ3v) is 4.90. The van der Waals surface area contributed by atoms with Crippen LogP contribution in [0.25, 0.3) is 11.3 Å². The number of carbonyl (C=O) groups excluding carboxylic acids is 1. The molecule has 1 spiro atoms. The van der Waals surface area contributed by atoms with E-state index in [0.717, 1.165) is 13.0 Å². The molecule has 2 aromatic rings. The summed E-state index contributed by atoms with van der Waals surface area (Å²) in [5, 5.41) is 4.61. The van der Waals surface area contributed by atoms with Gasteiger partial charge < -0.3 is 14.2 Å². The number of hydrogen-bond acceptors (Lipinski definition) is 4. The molecule has 2 aliphatic rings. The van der Waals surface area contributed by atoms with Crippen molar-refractivity contribution in [1.29, 1.82) is 0 Å². The Bertz CT molecular complexity index is 746. The quantitative estimate of drug-likeness (QED) is 0.854. The number of likely N-dealkylation sites (tertiary alicyclic amines) is 1. The molecular weight excluding hydrogens is 304 g/mol. The van der Waals surface area contributed by atoms with E-state index in [1.165, 1.54) is 0 Å². The summed E-state index contributed by atoms with van der Waals surface area (Å²) >= 11 is 6.24. The highest BCUT2D eigenvalue weighted by molar-refractivity contribution is 6.33. The summed E-state index contributed by atoms with van der Waals surface area (Å²) in [7, 11) is 0. The van der Waals surface area contributed by atoms with Crippen LogP contribution in [0.2, 0.25) is 5.02 Å². The number of aromatic nitrogens is 1. The first-order valence-electron chi connectivity index (χ1n) is 7.23. The van der Waals surface area contributed by atoms with Crippen molar-refractivity contribution in [2.75, 3.05) is 19.8 Å². The topological polar surface area (TPSA) is 55.6 Å². The molecule has 114 valence electrons. The summed E-state index contributed by atoms with van der Waals surface area (Å²) in [5.74, 6) is 0.463. The fourth-order valence-electron chi connectivity index (χ4n) is 3.09. The molecule has 2 fully saturated rings. The Morgan fingerprint density at radius 2 is 2.14 bits per heavy atom. The van der Waals surface area contributed by atoms with Gasteiger partial charge in [0.2, 0.25) is 0 Å². The minimum Gasteiger partial charge on any atom is -0.376 e. The number of ether oxygens (including phenoxy) is 1. The molecule has 0 saturated carbocycles. The predicted molar refractivity (Wildman–Crippen MR) is 80.9 cm³/mol. The van der Waals surface area contributed by atoms with E-state index in [-0.39, 0.29) is 11.4 Å². The molecule has 2 aliphatic heterocycles. The highest BCUT2D eigenvalue weighted by atomic mass is 35.5. The Morgan fingerprint density at radius 1 is 1.36 bits per heavy atom. The third-order valence-electron chi connectivity index (χ3n) is 4.57. The van der Waals surface area contributed by atoms with Gasteiger partial charge in [-0.05, 0) is 19.4 Å². The van der Waals surface area contributed by atoms with E-state index in [4.69, 9.17) is 20.9 Å². The molecule has 1 amide bonds. The Hall–Kier alpha value is -1.85. The second-order valence-electron chi connectivity index (χ2n) is 5.87. The number of hydrogen-bond donors (Lipinski definition) is 0. The largest absolute Gasteiger partial charge is 0.376 e. The van der Waals surface area contributed by atoms with Crippen molar-refractivity contribution in [3.63, 3.8) is 0 Å². The molecule has 2 saturated heterocycles. The van der Waals surface area contributed by atoms with Crippen molar-refractivity contribution in [1.82, 2.24) is 10.1 Å². The van der Waals surface area contributed by atoms with E-state index < -0.39 is 0 Å². The zero-order valence-electron chi connectivity index (χ0n) is 12.1. The van der Waals surface area contributed by atoms with Crippen LogP contribution in [0.1, 0.15) is 22.5 Å². The maximum atomic E-state index is 13.0. The van der Waals surface area contributed by atoms with Gasteiger partial charge in [0.25, 0.3) is 5.91 Å². The number of amides is 1. The summed E-state index contributed by atoms with van der Waals surface area (Å²) < 4.78 is 10.6. The van der Waals surface area contributed by atoms with E-state index in [9.17, 15) is 4.79 Å². The molecule has 0 atom stereocenters. The Balaban J connectivity index is 1.75. The van der Waals surface area contributed by atoms with Crippen molar-refractivity contribution in [2.24, 2.45) is 0 Å². The lowest BCUT2D eigenvalue weighted by Crippen LogP contribution is -2.72. The average molecular weight is 319 g/mol. The van der Waals surface area contributed by atoms with Crippen LogP contribution >= 0.6 is 11.6 Å². The van der Waals surface area contributed by atoms with Gasteiger partial charge in [-0.1, -0.05) is 35.0 Å². The molecule has 0 unspecified atom stereocenters. The Kier molecular flexibility index (Phi) is 3.03. The summed E-state index contributed by atoms with van der Waals surface area (Å²) in [6.07, 6.45) is 0.991. The summed E-state index contributed by atoms with van der Waals surface area (Å²) in [4.78, 5) is 14.8. The fourth-order valence-corrected chi connectivity index (χ4v) is 3.32. The van der Waals surface area contributed by atoms with E-state index in [1.807, 2.05) is 23.1 Å². The van der Waals surface area contributed by atoms with Crippen molar-refractivity contribution >= 4 is 17.5 Å². The zero-order valence-corrected chi connectivity index (χ0v) is 12.9. The monoisotopic (exact) mass is 318 g/mol. The minimum absolute atomic E-state index is 0.0526. The molecule has 0 bridgehead atoms. The molecule has 6 heteroatoms. The summed E-state index contributed by atoms with van der Waals surface area (Å²) in [6.45, 7) is 3.73. The first-order valence-corrected chi connectivity index (χ1v) is 7.61. The molecule has 5 nitrogen and oxygen atoms in total. The van der Waals surface area contributed by atoms with E-state index >= 15 is 0 Å². The van der Waals surface area contributed by atoms with Crippen molar-refractivity contribution in [2.45, 2.75) is 18.9 Å². The van der Waals surface area contributed by atoms with E-state index in [0.29, 0.717) is 40.8 Å². The van der Waals surface area contributed by atoms with Crippen LogP contribution in [-0.2, 0) is 4.74 Å². The second-order valence-corrected chi connectivity index (χ2v) is 6.27. The van der Waals surface area contributed by atoms with Crippen molar-refractivity contribution in [3.05, 3.63) is 40.6 Å². The second kappa shape index (κ2) is 4.83. The van der Waals surface area contributed by atoms with Gasteiger partial charge >= 0.3 is 0 Å².